The lowest BCUT2D eigenvalue weighted by atomic mass is 10.1. The average molecular weight is 247 g/mol. The third-order valence-corrected chi connectivity index (χ3v) is 4.10. The number of hydrogen-bond donors (Lipinski definition) is 2. The van der Waals surface area contributed by atoms with Crippen LogP contribution in [-0.2, 0) is 0 Å². The van der Waals surface area contributed by atoms with Crippen LogP contribution in [0.25, 0.3) is 10.2 Å². The molecule has 1 aliphatic heterocycles. The van der Waals surface area contributed by atoms with Crippen LogP contribution in [0.1, 0.15) is 17.8 Å². The summed E-state index contributed by atoms with van der Waals surface area (Å²) in [4.78, 5) is 4.48. The molecule has 3 rings (SSSR count). The van der Waals surface area contributed by atoms with Crippen molar-refractivity contribution in [3.05, 3.63) is 23.2 Å². The molecule has 2 heterocycles. The zero-order chi connectivity index (χ0) is 11.7. The standard InChI is InChI=1S/C13H17N3S/c1-9-15-12-5-4-10(7-13(12)17-9)16-11-3-2-6-14-8-11/h4-5,7,11,14,16H,2-3,6,8H2,1H3. The average Bonchev–Trinajstić information content (AvgIpc) is 2.70. The van der Waals surface area contributed by atoms with Gasteiger partial charge >= 0.3 is 0 Å². The van der Waals surface area contributed by atoms with Gasteiger partial charge in [0.05, 0.1) is 15.2 Å². The van der Waals surface area contributed by atoms with Crippen molar-refractivity contribution in [1.82, 2.24) is 10.3 Å². The molecule has 1 aliphatic rings. The third kappa shape index (κ3) is 2.42. The fourth-order valence-electron chi connectivity index (χ4n) is 2.34. The van der Waals surface area contributed by atoms with Crippen molar-refractivity contribution in [2.45, 2.75) is 25.8 Å². The van der Waals surface area contributed by atoms with Crippen LogP contribution in [0.4, 0.5) is 5.69 Å². The van der Waals surface area contributed by atoms with E-state index in [1.165, 1.54) is 23.2 Å². The zero-order valence-electron chi connectivity index (χ0n) is 9.99. The minimum absolute atomic E-state index is 0.565. The Morgan fingerprint density at radius 1 is 1.47 bits per heavy atom. The van der Waals surface area contributed by atoms with Crippen molar-refractivity contribution >= 4 is 27.2 Å². The number of nitrogens with one attached hydrogen (secondary N) is 2. The molecule has 4 heteroatoms. The first-order valence-electron chi connectivity index (χ1n) is 6.16. The van der Waals surface area contributed by atoms with Crippen LogP contribution in [-0.4, -0.2) is 24.1 Å². The van der Waals surface area contributed by atoms with Crippen molar-refractivity contribution in [3.63, 3.8) is 0 Å². The van der Waals surface area contributed by atoms with Gasteiger partial charge in [0.1, 0.15) is 0 Å². The highest BCUT2D eigenvalue weighted by Gasteiger charge is 2.12. The summed E-state index contributed by atoms with van der Waals surface area (Å²) in [5.41, 5.74) is 2.33. The molecular weight excluding hydrogens is 230 g/mol. The summed E-state index contributed by atoms with van der Waals surface area (Å²) in [5, 5.41) is 8.16. The van der Waals surface area contributed by atoms with Crippen molar-refractivity contribution in [2.75, 3.05) is 18.4 Å². The Morgan fingerprint density at radius 3 is 3.24 bits per heavy atom. The third-order valence-electron chi connectivity index (χ3n) is 3.16. The molecule has 0 amide bonds. The SMILES string of the molecule is Cc1nc2ccc(NC3CCCNC3)cc2s1. The van der Waals surface area contributed by atoms with E-state index in [4.69, 9.17) is 0 Å². The fourth-order valence-corrected chi connectivity index (χ4v) is 3.21. The van der Waals surface area contributed by atoms with Crippen molar-refractivity contribution < 1.29 is 0 Å². The number of rotatable bonds is 2. The summed E-state index contributed by atoms with van der Waals surface area (Å²) in [6, 6.07) is 7.03. The predicted molar refractivity (Wildman–Crippen MR) is 73.9 cm³/mol. The largest absolute Gasteiger partial charge is 0.381 e. The molecule has 2 aromatic rings. The van der Waals surface area contributed by atoms with E-state index in [9.17, 15) is 0 Å². The Balaban J connectivity index is 1.79. The monoisotopic (exact) mass is 247 g/mol. The second-order valence-electron chi connectivity index (χ2n) is 4.60. The quantitative estimate of drug-likeness (QED) is 0.857. The van der Waals surface area contributed by atoms with Gasteiger partial charge in [-0.05, 0) is 44.5 Å². The smallest absolute Gasteiger partial charge is 0.0907 e. The van der Waals surface area contributed by atoms with Gasteiger partial charge in [0, 0.05) is 18.3 Å². The molecule has 1 saturated heterocycles. The van der Waals surface area contributed by atoms with Gasteiger partial charge in [-0.2, -0.15) is 0 Å². The van der Waals surface area contributed by atoms with Crippen LogP contribution >= 0.6 is 11.3 Å². The Hall–Kier alpha value is -1.13. The number of nitrogens with zero attached hydrogens (tertiary/aromatic N) is 1. The van der Waals surface area contributed by atoms with Gasteiger partial charge in [-0.1, -0.05) is 0 Å². The Morgan fingerprint density at radius 2 is 2.41 bits per heavy atom. The van der Waals surface area contributed by atoms with E-state index in [0.29, 0.717) is 6.04 Å². The van der Waals surface area contributed by atoms with E-state index in [1.54, 1.807) is 11.3 Å². The highest BCUT2D eigenvalue weighted by molar-refractivity contribution is 7.18. The summed E-state index contributed by atoms with van der Waals surface area (Å²) < 4.78 is 1.27. The number of thiazole rings is 1. The number of fused-ring (bicyclic) bond motifs is 1. The molecule has 0 aliphatic carbocycles. The lowest BCUT2D eigenvalue weighted by molar-refractivity contribution is 0.480. The molecule has 1 aromatic heterocycles. The van der Waals surface area contributed by atoms with Crippen LogP contribution in [0.3, 0.4) is 0 Å². The molecular formula is C13H17N3S. The number of aryl methyl sites for hydroxylation is 1. The first-order valence-corrected chi connectivity index (χ1v) is 6.97. The molecule has 2 N–H and O–H groups in total. The second-order valence-corrected chi connectivity index (χ2v) is 5.84. The molecule has 0 radical (unpaired) electrons. The number of piperidine rings is 1. The van der Waals surface area contributed by atoms with Gasteiger partial charge < -0.3 is 10.6 Å². The van der Waals surface area contributed by atoms with Gasteiger partial charge in [0.2, 0.25) is 0 Å². The zero-order valence-corrected chi connectivity index (χ0v) is 10.8. The number of aromatic nitrogens is 1. The molecule has 0 bridgehead atoms. The van der Waals surface area contributed by atoms with Gasteiger partial charge in [-0.15, -0.1) is 11.3 Å². The minimum Gasteiger partial charge on any atom is -0.381 e. The molecule has 1 aromatic carbocycles. The van der Waals surface area contributed by atoms with Crippen LogP contribution in [0.2, 0.25) is 0 Å². The van der Waals surface area contributed by atoms with Crippen molar-refractivity contribution in [1.29, 1.82) is 0 Å². The van der Waals surface area contributed by atoms with Crippen molar-refractivity contribution in [2.24, 2.45) is 0 Å². The number of benzene rings is 1. The Bertz CT molecular complexity index is 514. The van der Waals surface area contributed by atoms with Gasteiger partial charge in [0.15, 0.2) is 0 Å². The summed E-state index contributed by atoms with van der Waals surface area (Å²) >= 11 is 1.76. The number of hydrogen-bond acceptors (Lipinski definition) is 4. The lowest BCUT2D eigenvalue weighted by Crippen LogP contribution is -2.38. The Labute approximate surface area is 105 Å². The normalized spacial score (nSPS) is 20.6. The maximum absolute atomic E-state index is 4.48. The maximum Gasteiger partial charge on any atom is 0.0907 e. The maximum atomic E-state index is 4.48. The lowest BCUT2D eigenvalue weighted by Gasteiger charge is -2.24. The predicted octanol–water partition coefficient (Wildman–Crippen LogP) is 2.77. The van der Waals surface area contributed by atoms with E-state index >= 15 is 0 Å². The van der Waals surface area contributed by atoms with Crippen LogP contribution in [0.15, 0.2) is 18.2 Å². The second kappa shape index (κ2) is 4.63. The van der Waals surface area contributed by atoms with E-state index in [2.05, 4.69) is 40.7 Å². The molecule has 1 unspecified atom stereocenters. The van der Waals surface area contributed by atoms with E-state index in [0.717, 1.165) is 23.6 Å². The first kappa shape index (κ1) is 11.0. The molecule has 0 saturated carbocycles. The van der Waals surface area contributed by atoms with Crippen LogP contribution in [0, 0.1) is 6.92 Å². The summed E-state index contributed by atoms with van der Waals surface area (Å²) in [6.07, 6.45) is 2.52. The highest BCUT2D eigenvalue weighted by atomic mass is 32.1. The highest BCUT2D eigenvalue weighted by Crippen LogP contribution is 2.25. The summed E-state index contributed by atoms with van der Waals surface area (Å²) in [6.45, 7) is 4.29. The molecule has 1 atom stereocenters. The Kier molecular flexibility index (Phi) is 2.99. The molecule has 0 spiro atoms. The van der Waals surface area contributed by atoms with Crippen molar-refractivity contribution in [3.8, 4) is 0 Å². The van der Waals surface area contributed by atoms with E-state index in [1.807, 2.05) is 0 Å². The topological polar surface area (TPSA) is 37.0 Å². The fraction of sp³-hybridized carbons (Fsp3) is 0.462. The number of anilines is 1. The molecule has 17 heavy (non-hydrogen) atoms. The van der Waals surface area contributed by atoms with Crippen LogP contribution < -0.4 is 10.6 Å². The summed E-state index contributed by atoms with van der Waals surface area (Å²) in [5.74, 6) is 0. The van der Waals surface area contributed by atoms with Gasteiger partial charge in [-0.3, -0.25) is 0 Å². The van der Waals surface area contributed by atoms with Gasteiger partial charge in [-0.25, -0.2) is 4.98 Å². The molecule has 1 fully saturated rings. The minimum atomic E-state index is 0.565. The van der Waals surface area contributed by atoms with Gasteiger partial charge in [0.25, 0.3) is 0 Å². The van der Waals surface area contributed by atoms with E-state index < -0.39 is 0 Å². The van der Waals surface area contributed by atoms with Crippen LogP contribution in [0.5, 0.6) is 0 Å². The summed E-state index contributed by atoms with van der Waals surface area (Å²) in [7, 11) is 0. The van der Waals surface area contributed by atoms with E-state index in [-0.39, 0.29) is 0 Å². The molecule has 90 valence electrons. The first-order chi connectivity index (χ1) is 8.31. The molecule has 3 nitrogen and oxygen atoms in total.